The first-order chi connectivity index (χ1) is 15.1. The fourth-order valence-corrected chi connectivity index (χ4v) is 3.59. The van der Waals surface area contributed by atoms with Crippen LogP contribution in [0.15, 0.2) is 53.3 Å². The van der Waals surface area contributed by atoms with Gasteiger partial charge in [-0.3, -0.25) is 4.57 Å². The molecule has 0 amide bonds. The lowest BCUT2D eigenvalue weighted by Crippen LogP contribution is -2.26. The van der Waals surface area contributed by atoms with Crippen LogP contribution in [-0.2, 0) is 13.1 Å². The van der Waals surface area contributed by atoms with Crippen LogP contribution >= 0.6 is 0 Å². The van der Waals surface area contributed by atoms with Crippen molar-refractivity contribution in [3.05, 3.63) is 70.4 Å². The summed E-state index contributed by atoms with van der Waals surface area (Å²) in [5.74, 6) is 1.58. The molecule has 4 rings (SSSR count). The van der Waals surface area contributed by atoms with Crippen molar-refractivity contribution in [2.75, 3.05) is 0 Å². The van der Waals surface area contributed by atoms with Gasteiger partial charge in [0, 0.05) is 18.0 Å². The smallest absolute Gasteiger partial charge is 0.274 e. The second kappa shape index (κ2) is 9.07. The van der Waals surface area contributed by atoms with Crippen molar-refractivity contribution in [3.63, 3.8) is 0 Å². The summed E-state index contributed by atoms with van der Waals surface area (Å²) >= 11 is 0. The summed E-state index contributed by atoms with van der Waals surface area (Å²) in [4.78, 5) is 12.9. The van der Waals surface area contributed by atoms with Crippen molar-refractivity contribution >= 4 is 0 Å². The van der Waals surface area contributed by atoms with Crippen molar-refractivity contribution in [1.82, 2.24) is 35.0 Å². The zero-order chi connectivity index (χ0) is 21.8. The molecule has 8 heteroatoms. The second-order valence-electron chi connectivity index (χ2n) is 7.97. The summed E-state index contributed by atoms with van der Waals surface area (Å²) in [6, 6.07) is 16.3. The van der Waals surface area contributed by atoms with Gasteiger partial charge in [-0.2, -0.15) is 10.3 Å². The third kappa shape index (κ3) is 4.47. The Labute approximate surface area is 180 Å². The van der Waals surface area contributed by atoms with Crippen LogP contribution in [0.4, 0.5) is 0 Å². The maximum absolute atomic E-state index is 12.9. The molecule has 1 N–H and O–H groups in total. The summed E-state index contributed by atoms with van der Waals surface area (Å²) in [7, 11) is 0. The minimum Gasteiger partial charge on any atom is -0.274 e. The summed E-state index contributed by atoms with van der Waals surface area (Å²) in [6.07, 6.45) is 1.98. The first-order valence-electron chi connectivity index (χ1n) is 10.7. The van der Waals surface area contributed by atoms with E-state index in [4.69, 9.17) is 0 Å². The number of aromatic amines is 1. The van der Waals surface area contributed by atoms with E-state index in [0.717, 1.165) is 40.9 Å². The maximum atomic E-state index is 12.9. The summed E-state index contributed by atoms with van der Waals surface area (Å²) < 4.78 is 3.41. The molecule has 8 nitrogen and oxygen atoms in total. The lowest BCUT2D eigenvalue weighted by atomic mass is 10.0. The molecule has 0 radical (unpaired) electrons. The third-order valence-electron chi connectivity index (χ3n) is 5.29. The molecule has 2 aromatic heterocycles. The van der Waals surface area contributed by atoms with Gasteiger partial charge in [-0.15, -0.1) is 10.2 Å². The normalized spacial score (nSPS) is 11.4. The molecule has 31 heavy (non-hydrogen) atoms. The van der Waals surface area contributed by atoms with E-state index in [9.17, 15) is 4.79 Å². The first-order valence-corrected chi connectivity index (χ1v) is 10.7. The molecule has 2 heterocycles. The fraction of sp³-hybridized carbons (Fsp3) is 0.348. The van der Waals surface area contributed by atoms with Crippen molar-refractivity contribution in [1.29, 1.82) is 0 Å². The number of hydrogen-bond acceptors (Lipinski definition) is 5. The van der Waals surface area contributed by atoms with Gasteiger partial charge in [0.2, 0.25) is 5.82 Å². The minimum absolute atomic E-state index is 0.0333. The van der Waals surface area contributed by atoms with Gasteiger partial charge in [-0.05, 0) is 34.4 Å². The Balaban J connectivity index is 1.58. The van der Waals surface area contributed by atoms with E-state index in [-0.39, 0.29) is 11.6 Å². The highest BCUT2D eigenvalue weighted by Crippen LogP contribution is 2.25. The highest BCUT2D eigenvalue weighted by Gasteiger charge is 2.16. The Morgan fingerprint density at radius 1 is 1.03 bits per heavy atom. The summed E-state index contributed by atoms with van der Waals surface area (Å²) in [6.45, 7) is 7.44. The van der Waals surface area contributed by atoms with Crippen molar-refractivity contribution in [2.45, 2.75) is 52.6 Å². The van der Waals surface area contributed by atoms with Gasteiger partial charge in [-0.25, -0.2) is 9.48 Å². The Hall–Kier alpha value is -3.55. The molecule has 0 fully saturated rings. The Morgan fingerprint density at radius 3 is 2.48 bits per heavy atom. The number of H-pyrrole nitrogens is 1. The van der Waals surface area contributed by atoms with E-state index in [1.165, 1.54) is 0 Å². The molecular weight excluding hydrogens is 390 g/mol. The molecule has 0 bridgehead atoms. The topological polar surface area (TPSA) is 94.3 Å². The van der Waals surface area contributed by atoms with E-state index in [1.807, 2.05) is 18.2 Å². The lowest BCUT2D eigenvalue weighted by molar-refractivity contribution is 0.543. The number of hydrogen-bond donors (Lipinski definition) is 1. The predicted octanol–water partition coefficient (Wildman–Crippen LogP) is 3.86. The van der Waals surface area contributed by atoms with Crippen LogP contribution < -0.4 is 5.69 Å². The first kappa shape index (κ1) is 20.7. The third-order valence-corrected chi connectivity index (χ3v) is 5.29. The average molecular weight is 418 g/mol. The molecule has 4 aromatic rings. The molecule has 0 aliphatic carbocycles. The highest BCUT2D eigenvalue weighted by atomic mass is 16.2. The standard InChI is InChI=1S/C23H27N7O/c1-4-5-13-30-23(31)29(22(26-30)16(2)3)15-17-9-11-18(12-10-17)19-7-6-8-20(14-19)21-24-27-28-25-21/h6-12,14,16H,4-5,13,15H2,1-3H3,(H,24,25,27,28). The number of nitrogens with zero attached hydrogens (tertiary/aromatic N) is 6. The van der Waals surface area contributed by atoms with E-state index in [2.05, 4.69) is 76.8 Å². The molecular formula is C23H27N7O. The molecule has 0 aliphatic rings. The quantitative estimate of drug-likeness (QED) is 0.470. The maximum Gasteiger partial charge on any atom is 0.346 e. The van der Waals surface area contributed by atoms with Crippen LogP contribution in [0.25, 0.3) is 22.5 Å². The predicted molar refractivity (Wildman–Crippen MR) is 120 cm³/mol. The van der Waals surface area contributed by atoms with Crippen molar-refractivity contribution < 1.29 is 0 Å². The Bertz CT molecular complexity index is 1190. The monoisotopic (exact) mass is 417 g/mol. The van der Waals surface area contributed by atoms with Gasteiger partial charge < -0.3 is 0 Å². The number of benzene rings is 2. The summed E-state index contributed by atoms with van der Waals surface area (Å²) in [5.41, 5.74) is 4.10. The van der Waals surface area contributed by atoms with E-state index in [0.29, 0.717) is 18.9 Å². The van der Waals surface area contributed by atoms with Crippen LogP contribution in [0.3, 0.4) is 0 Å². The van der Waals surface area contributed by atoms with Gasteiger partial charge in [-0.1, -0.05) is 69.7 Å². The fourth-order valence-electron chi connectivity index (χ4n) is 3.59. The number of tetrazole rings is 1. The van der Waals surface area contributed by atoms with Gasteiger partial charge in [0.1, 0.15) is 5.82 Å². The lowest BCUT2D eigenvalue weighted by Gasteiger charge is -2.09. The van der Waals surface area contributed by atoms with Crippen LogP contribution in [0.2, 0.25) is 0 Å². The molecule has 160 valence electrons. The molecule has 2 aromatic carbocycles. The highest BCUT2D eigenvalue weighted by molar-refractivity contribution is 5.70. The minimum atomic E-state index is -0.0333. The van der Waals surface area contributed by atoms with Crippen LogP contribution in [0.5, 0.6) is 0 Å². The second-order valence-corrected chi connectivity index (χ2v) is 7.97. The van der Waals surface area contributed by atoms with Crippen LogP contribution in [-0.4, -0.2) is 35.0 Å². The van der Waals surface area contributed by atoms with E-state index in [1.54, 1.807) is 9.25 Å². The summed E-state index contributed by atoms with van der Waals surface area (Å²) in [5, 5.41) is 18.8. The zero-order valence-corrected chi connectivity index (χ0v) is 18.1. The van der Waals surface area contributed by atoms with Gasteiger partial charge in [0.05, 0.1) is 6.54 Å². The average Bonchev–Trinajstić information content (AvgIpc) is 3.42. The van der Waals surface area contributed by atoms with E-state index < -0.39 is 0 Å². The number of aryl methyl sites for hydroxylation is 1. The molecule has 0 saturated heterocycles. The van der Waals surface area contributed by atoms with Crippen LogP contribution in [0.1, 0.15) is 50.9 Å². The molecule has 0 spiro atoms. The Kier molecular flexibility index (Phi) is 6.06. The largest absolute Gasteiger partial charge is 0.346 e. The number of unbranched alkanes of at least 4 members (excludes halogenated alkanes) is 1. The Morgan fingerprint density at radius 2 is 1.81 bits per heavy atom. The molecule has 0 aliphatic heterocycles. The van der Waals surface area contributed by atoms with E-state index >= 15 is 0 Å². The van der Waals surface area contributed by atoms with Gasteiger partial charge >= 0.3 is 5.69 Å². The van der Waals surface area contributed by atoms with Crippen molar-refractivity contribution in [3.8, 4) is 22.5 Å². The molecule has 0 saturated carbocycles. The number of aromatic nitrogens is 7. The number of nitrogens with one attached hydrogen (secondary N) is 1. The molecule has 0 unspecified atom stereocenters. The SMILES string of the molecule is CCCCn1nc(C(C)C)n(Cc2ccc(-c3cccc(-c4nn[nH]n4)c3)cc2)c1=O. The van der Waals surface area contributed by atoms with Gasteiger partial charge in [0.15, 0.2) is 0 Å². The molecule has 0 atom stereocenters. The van der Waals surface area contributed by atoms with Crippen LogP contribution in [0, 0.1) is 0 Å². The van der Waals surface area contributed by atoms with Gasteiger partial charge in [0.25, 0.3) is 0 Å². The van der Waals surface area contributed by atoms with Crippen molar-refractivity contribution in [2.24, 2.45) is 0 Å². The number of rotatable bonds is 8. The zero-order valence-electron chi connectivity index (χ0n) is 18.1.